The van der Waals surface area contributed by atoms with Gasteiger partial charge in [-0.3, -0.25) is 4.79 Å². The zero-order chi connectivity index (χ0) is 22.1. The van der Waals surface area contributed by atoms with Crippen LogP contribution in [0.4, 0.5) is 13.2 Å². The standard InChI is InChI=1S/C21H19ClF3N3O2/c1-20(2,21(23,24)25)30-12-13-8-14(10-15(22)9-13)18-11-17(19(26)29)27-28(18)16-6-4-3-5-7-16/h3-11H,12H2,1-2H3,(H2,26,29). The average molecular weight is 438 g/mol. The quantitative estimate of drug-likeness (QED) is 0.579. The van der Waals surface area contributed by atoms with E-state index in [2.05, 4.69) is 5.10 Å². The molecule has 0 unspecified atom stereocenters. The first-order chi connectivity index (χ1) is 14.0. The summed E-state index contributed by atoms with van der Waals surface area (Å²) < 4.78 is 45.8. The number of para-hydroxylation sites is 1. The fraction of sp³-hybridized carbons (Fsp3) is 0.238. The Hall–Kier alpha value is -2.84. The minimum Gasteiger partial charge on any atom is -0.364 e. The van der Waals surface area contributed by atoms with Gasteiger partial charge in [0.05, 0.1) is 18.0 Å². The first-order valence-electron chi connectivity index (χ1n) is 8.94. The third-order valence-electron chi connectivity index (χ3n) is 4.50. The topological polar surface area (TPSA) is 70.1 Å². The molecular weight excluding hydrogens is 419 g/mol. The highest BCUT2D eigenvalue weighted by molar-refractivity contribution is 6.31. The summed E-state index contributed by atoms with van der Waals surface area (Å²) in [6.45, 7) is 1.62. The number of carbonyl (C=O) groups is 1. The molecule has 1 heterocycles. The normalized spacial score (nSPS) is 12.2. The van der Waals surface area contributed by atoms with Crippen LogP contribution in [0.15, 0.2) is 54.6 Å². The average Bonchev–Trinajstić information content (AvgIpc) is 3.12. The number of rotatable bonds is 6. The zero-order valence-electron chi connectivity index (χ0n) is 16.2. The SMILES string of the molecule is CC(C)(OCc1cc(Cl)cc(-c2cc(C(N)=O)nn2-c2ccccc2)c1)C(F)(F)F. The van der Waals surface area contributed by atoms with Gasteiger partial charge in [-0.25, -0.2) is 4.68 Å². The van der Waals surface area contributed by atoms with Gasteiger partial charge in [-0.15, -0.1) is 0 Å². The summed E-state index contributed by atoms with van der Waals surface area (Å²) in [5.41, 5.74) is 5.28. The van der Waals surface area contributed by atoms with Crippen molar-refractivity contribution in [1.29, 1.82) is 0 Å². The molecule has 0 radical (unpaired) electrons. The number of nitrogens with zero attached hydrogens (tertiary/aromatic N) is 2. The lowest BCUT2D eigenvalue weighted by Crippen LogP contribution is -2.41. The first-order valence-corrected chi connectivity index (χ1v) is 9.31. The molecule has 1 aromatic heterocycles. The van der Waals surface area contributed by atoms with Crippen LogP contribution in [0.1, 0.15) is 29.9 Å². The molecule has 5 nitrogen and oxygen atoms in total. The number of ether oxygens (including phenoxy) is 1. The number of hydrogen-bond acceptors (Lipinski definition) is 3. The van der Waals surface area contributed by atoms with Gasteiger partial charge in [-0.2, -0.15) is 18.3 Å². The molecule has 3 aromatic rings. The van der Waals surface area contributed by atoms with E-state index in [0.717, 1.165) is 13.8 Å². The summed E-state index contributed by atoms with van der Waals surface area (Å²) in [7, 11) is 0. The molecule has 0 atom stereocenters. The summed E-state index contributed by atoms with van der Waals surface area (Å²) in [5.74, 6) is -0.705. The number of primary amides is 1. The summed E-state index contributed by atoms with van der Waals surface area (Å²) >= 11 is 6.21. The van der Waals surface area contributed by atoms with Gasteiger partial charge in [0.1, 0.15) is 0 Å². The van der Waals surface area contributed by atoms with E-state index in [-0.39, 0.29) is 12.3 Å². The summed E-state index contributed by atoms with van der Waals surface area (Å²) in [6, 6.07) is 15.3. The van der Waals surface area contributed by atoms with Gasteiger partial charge in [-0.05, 0) is 55.8 Å². The van der Waals surface area contributed by atoms with Crippen molar-refractivity contribution in [1.82, 2.24) is 9.78 Å². The molecule has 2 N–H and O–H groups in total. The highest BCUT2D eigenvalue weighted by Gasteiger charge is 2.48. The lowest BCUT2D eigenvalue weighted by Gasteiger charge is -2.28. The smallest absolute Gasteiger partial charge is 0.364 e. The maximum atomic E-state index is 13.1. The van der Waals surface area contributed by atoms with Crippen molar-refractivity contribution in [2.24, 2.45) is 5.73 Å². The van der Waals surface area contributed by atoms with Crippen LogP contribution in [0.5, 0.6) is 0 Å². The third kappa shape index (κ3) is 4.66. The molecule has 3 rings (SSSR count). The van der Waals surface area contributed by atoms with Crippen molar-refractivity contribution in [3.8, 4) is 16.9 Å². The van der Waals surface area contributed by atoms with E-state index in [1.807, 2.05) is 6.07 Å². The van der Waals surface area contributed by atoms with Crippen LogP contribution in [-0.2, 0) is 11.3 Å². The highest BCUT2D eigenvalue weighted by Crippen LogP contribution is 2.34. The van der Waals surface area contributed by atoms with Crippen LogP contribution in [0, 0.1) is 0 Å². The molecule has 0 bridgehead atoms. The van der Waals surface area contributed by atoms with Gasteiger partial charge in [0.2, 0.25) is 0 Å². The van der Waals surface area contributed by atoms with Crippen LogP contribution in [0.25, 0.3) is 16.9 Å². The number of halogens is 4. The fourth-order valence-corrected chi connectivity index (χ4v) is 2.96. The van der Waals surface area contributed by atoms with E-state index in [1.54, 1.807) is 36.4 Å². The Labute approximate surface area is 176 Å². The summed E-state index contributed by atoms with van der Waals surface area (Å²) in [4.78, 5) is 11.7. The van der Waals surface area contributed by atoms with Crippen molar-refractivity contribution in [2.45, 2.75) is 32.2 Å². The van der Waals surface area contributed by atoms with Crippen molar-refractivity contribution in [3.63, 3.8) is 0 Å². The number of carbonyl (C=O) groups excluding carboxylic acids is 1. The second-order valence-electron chi connectivity index (χ2n) is 7.17. The highest BCUT2D eigenvalue weighted by atomic mass is 35.5. The predicted octanol–water partition coefficient (Wildman–Crippen LogP) is 5.15. The Morgan fingerprint density at radius 3 is 2.40 bits per heavy atom. The molecule has 9 heteroatoms. The van der Waals surface area contributed by atoms with Crippen molar-refractivity contribution in [3.05, 3.63) is 70.9 Å². The van der Waals surface area contributed by atoms with E-state index in [4.69, 9.17) is 22.1 Å². The Kier molecular flexibility index (Phi) is 5.92. The first kappa shape index (κ1) is 21.9. The summed E-state index contributed by atoms with van der Waals surface area (Å²) in [6.07, 6.45) is -4.52. The van der Waals surface area contributed by atoms with Gasteiger partial charge in [0.25, 0.3) is 5.91 Å². The number of amides is 1. The van der Waals surface area contributed by atoms with Crippen LogP contribution in [0.2, 0.25) is 5.02 Å². The van der Waals surface area contributed by atoms with Crippen LogP contribution >= 0.6 is 11.6 Å². The molecule has 0 saturated heterocycles. The van der Waals surface area contributed by atoms with Gasteiger partial charge >= 0.3 is 6.18 Å². The third-order valence-corrected chi connectivity index (χ3v) is 4.72. The van der Waals surface area contributed by atoms with E-state index in [1.165, 1.54) is 16.8 Å². The van der Waals surface area contributed by atoms with E-state index < -0.39 is 17.7 Å². The Balaban J connectivity index is 2.02. The van der Waals surface area contributed by atoms with Gasteiger partial charge in [-0.1, -0.05) is 29.8 Å². The molecule has 0 aliphatic rings. The molecule has 0 saturated carbocycles. The molecule has 0 spiro atoms. The van der Waals surface area contributed by atoms with Crippen LogP contribution < -0.4 is 5.73 Å². The minimum atomic E-state index is -4.52. The number of alkyl halides is 3. The lowest BCUT2D eigenvalue weighted by atomic mass is 10.1. The van der Waals surface area contributed by atoms with Gasteiger partial charge in [0.15, 0.2) is 11.3 Å². The van der Waals surface area contributed by atoms with Crippen molar-refractivity contribution >= 4 is 17.5 Å². The zero-order valence-corrected chi connectivity index (χ0v) is 17.0. The Morgan fingerprint density at radius 2 is 1.80 bits per heavy atom. The molecular formula is C21H19ClF3N3O2. The predicted molar refractivity (Wildman–Crippen MR) is 107 cm³/mol. The molecule has 2 aromatic carbocycles. The molecule has 30 heavy (non-hydrogen) atoms. The largest absolute Gasteiger partial charge is 0.416 e. The van der Waals surface area contributed by atoms with Crippen LogP contribution in [0.3, 0.4) is 0 Å². The summed E-state index contributed by atoms with van der Waals surface area (Å²) in [5, 5.41) is 4.56. The van der Waals surface area contributed by atoms with Crippen molar-refractivity contribution in [2.75, 3.05) is 0 Å². The second kappa shape index (κ2) is 8.12. The molecule has 1 amide bonds. The Morgan fingerprint density at radius 1 is 1.13 bits per heavy atom. The number of nitrogens with two attached hydrogens (primary N) is 1. The van der Waals surface area contributed by atoms with Crippen LogP contribution in [-0.4, -0.2) is 27.5 Å². The molecule has 158 valence electrons. The monoisotopic (exact) mass is 437 g/mol. The maximum absolute atomic E-state index is 13.1. The Bertz CT molecular complexity index is 1060. The van der Waals surface area contributed by atoms with Gasteiger partial charge in [0, 0.05) is 10.6 Å². The number of benzene rings is 2. The minimum absolute atomic E-state index is 0.0461. The van der Waals surface area contributed by atoms with E-state index in [0.29, 0.717) is 27.5 Å². The number of aromatic nitrogens is 2. The maximum Gasteiger partial charge on any atom is 0.416 e. The second-order valence-corrected chi connectivity index (χ2v) is 7.61. The molecule has 0 aliphatic carbocycles. The fourth-order valence-electron chi connectivity index (χ4n) is 2.70. The van der Waals surface area contributed by atoms with Crippen molar-refractivity contribution < 1.29 is 22.7 Å². The molecule has 0 aliphatic heterocycles. The van der Waals surface area contributed by atoms with Gasteiger partial charge < -0.3 is 10.5 Å². The number of hydrogen-bond donors (Lipinski definition) is 1. The molecule has 0 fully saturated rings. The van der Waals surface area contributed by atoms with E-state index >= 15 is 0 Å². The lowest BCUT2D eigenvalue weighted by molar-refractivity contribution is -0.267. The van der Waals surface area contributed by atoms with E-state index in [9.17, 15) is 18.0 Å².